The summed E-state index contributed by atoms with van der Waals surface area (Å²) in [5.41, 5.74) is 5.66. The maximum Gasteiger partial charge on any atom is 0.227 e. The van der Waals surface area contributed by atoms with Crippen molar-refractivity contribution >= 4 is 5.91 Å². The second-order valence-electron chi connectivity index (χ2n) is 4.44. The van der Waals surface area contributed by atoms with E-state index < -0.39 is 0 Å². The molecule has 0 radical (unpaired) electrons. The van der Waals surface area contributed by atoms with Crippen LogP contribution in [0.2, 0.25) is 0 Å². The van der Waals surface area contributed by atoms with Crippen LogP contribution in [0, 0.1) is 5.92 Å². The molecular weight excluding hydrogens is 192 g/mol. The third-order valence-electron chi connectivity index (χ3n) is 2.81. The molecule has 4 heteroatoms. The van der Waals surface area contributed by atoms with E-state index in [-0.39, 0.29) is 17.9 Å². The van der Waals surface area contributed by atoms with E-state index in [0.717, 1.165) is 32.4 Å². The van der Waals surface area contributed by atoms with E-state index >= 15 is 0 Å². The minimum absolute atomic E-state index is 0.0665. The van der Waals surface area contributed by atoms with Gasteiger partial charge in [0.05, 0.1) is 12.5 Å². The molecule has 0 aliphatic carbocycles. The quantitative estimate of drug-likeness (QED) is 0.746. The third kappa shape index (κ3) is 4.18. The topological polar surface area (TPSA) is 55.6 Å². The number of hydrogen-bond donors (Lipinski definition) is 1. The van der Waals surface area contributed by atoms with Gasteiger partial charge in [-0.3, -0.25) is 4.79 Å². The highest BCUT2D eigenvalue weighted by molar-refractivity contribution is 5.78. The SMILES string of the molecule is CC(N)CCN(C)C(=O)C1CCCOC1. The van der Waals surface area contributed by atoms with Gasteiger partial charge in [0, 0.05) is 26.2 Å². The largest absolute Gasteiger partial charge is 0.381 e. The number of hydrogen-bond acceptors (Lipinski definition) is 3. The van der Waals surface area contributed by atoms with Crippen LogP contribution in [-0.2, 0) is 9.53 Å². The predicted molar refractivity (Wildman–Crippen MR) is 59.4 cm³/mol. The monoisotopic (exact) mass is 214 g/mol. The zero-order valence-corrected chi connectivity index (χ0v) is 9.74. The summed E-state index contributed by atoms with van der Waals surface area (Å²) in [5, 5.41) is 0. The van der Waals surface area contributed by atoms with Gasteiger partial charge >= 0.3 is 0 Å². The van der Waals surface area contributed by atoms with Gasteiger partial charge in [0.25, 0.3) is 0 Å². The number of nitrogens with zero attached hydrogens (tertiary/aromatic N) is 1. The molecule has 0 aromatic heterocycles. The van der Waals surface area contributed by atoms with Crippen LogP contribution in [0.5, 0.6) is 0 Å². The predicted octanol–water partition coefficient (Wildman–Crippen LogP) is 0.609. The molecule has 0 aromatic carbocycles. The van der Waals surface area contributed by atoms with Gasteiger partial charge in [-0.15, -0.1) is 0 Å². The highest BCUT2D eigenvalue weighted by atomic mass is 16.5. The van der Waals surface area contributed by atoms with Crippen LogP contribution < -0.4 is 5.73 Å². The van der Waals surface area contributed by atoms with Crippen molar-refractivity contribution in [3.8, 4) is 0 Å². The fraction of sp³-hybridized carbons (Fsp3) is 0.909. The fourth-order valence-electron chi connectivity index (χ4n) is 1.75. The fourth-order valence-corrected chi connectivity index (χ4v) is 1.75. The Labute approximate surface area is 91.8 Å². The maximum absolute atomic E-state index is 11.9. The van der Waals surface area contributed by atoms with Gasteiger partial charge in [-0.2, -0.15) is 0 Å². The summed E-state index contributed by atoms with van der Waals surface area (Å²) >= 11 is 0. The van der Waals surface area contributed by atoms with Gasteiger partial charge in [-0.1, -0.05) is 0 Å². The highest BCUT2D eigenvalue weighted by Gasteiger charge is 2.24. The molecule has 4 nitrogen and oxygen atoms in total. The number of carbonyl (C=O) groups is 1. The first-order valence-corrected chi connectivity index (χ1v) is 5.69. The van der Waals surface area contributed by atoms with Gasteiger partial charge in [0.15, 0.2) is 0 Å². The molecule has 1 aliphatic heterocycles. The van der Waals surface area contributed by atoms with Gasteiger partial charge in [-0.05, 0) is 26.2 Å². The summed E-state index contributed by atoms with van der Waals surface area (Å²) in [5.74, 6) is 0.271. The number of ether oxygens (including phenoxy) is 1. The van der Waals surface area contributed by atoms with Crippen LogP contribution in [0.1, 0.15) is 26.2 Å². The first-order valence-electron chi connectivity index (χ1n) is 5.69. The molecule has 2 unspecified atom stereocenters. The Bertz CT molecular complexity index is 201. The molecule has 0 saturated carbocycles. The Morgan fingerprint density at radius 3 is 2.93 bits per heavy atom. The standard InChI is InChI=1S/C11H22N2O2/c1-9(12)5-6-13(2)11(14)10-4-3-7-15-8-10/h9-10H,3-8,12H2,1-2H3. The number of rotatable bonds is 4. The van der Waals surface area contributed by atoms with E-state index in [1.807, 2.05) is 14.0 Å². The lowest BCUT2D eigenvalue weighted by Gasteiger charge is -2.26. The van der Waals surface area contributed by atoms with Gasteiger partial charge in [-0.25, -0.2) is 0 Å². The number of amides is 1. The summed E-state index contributed by atoms with van der Waals surface area (Å²) < 4.78 is 5.31. The summed E-state index contributed by atoms with van der Waals surface area (Å²) in [7, 11) is 1.85. The van der Waals surface area contributed by atoms with Crippen molar-refractivity contribution < 1.29 is 9.53 Å². The van der Waals surface area contributed by atoms with Crippen molar-refractivity contribution in [2.45, 2.75) is 32.2 Å². The van der Waals surface area contributed by atoms with E-state index in [0.29, 0.717) is 6.61 Å². The molecule has 0 bridgehead atoms. The van der Waals surface area contributed by atoms with Crippen molar-refractivity contribution in [3.05, 3.63) is 0 Å². The third-order valence-corrected chi connectivity index (χ3v) is 2.81. The van der Waals surface area contributed by atoms with Crippen molar-refractivity contribution in [2.75, 3.05) is 26.8 Å². The van der Waals surface area contributed by atoms with Crippen LogP contribution in [-0.4, -0.2) is 43.7 Å². The van der Waals surface area contributed by atoms with E-state index in [1.165, 1.54) is 0 Å². The summed E-state index contributed by atoms with van der Waals surface area (Å²) in [6.07, 6.45) is 2.81. The van der Waals surface area contributed by atoms with Crippen LogP contribution in [0.15, 0.2) is 0 Å². The lowest BCUT2D eigenvalue weighted by Crippen LogP contribution is -2.38. The van der Waals surface area contributed by atoms with Gasteiger partial charge in [0.1, 0.15) is 0 Å². The minimum atomic E-state index is 0.0665. The highest BCUT2D eigenvalue weighted by Crippen LogP contribution is 2.15. The number of nitrogens with two attached hydrogens (primary N) is 1. The summed E-state index contributed by atoms with van der Waals surface area (Å²) in [6, 6.07) is 0.155. The van der Waals surface area contributed by atoms with E-state index in [4.69, 9.17) is 10.5 Å². The second-order valence-corrected chi connectivity index (χ2v) is 4.44. The molecular formula is C11H22N2O2. The molecule has 0 aromatic rings. The average molecular weight is 214 g/mol. The van der Waals surface area contributed by atoms with Crippen LogP contribution in [0.4, 0.5) is 0 Å². The molecule has 88 valence electrons. The van der Waals surface area contributed by atoms with Crippen LogP contribution in [0.3, 0.4) is 0 Å². The molecule has 1 heterocycles. The lowest BCUT2D eigenvalue weighted by atomic mass is 10.0. The first kappa shape index (κ1) is 12.5. The van der Waals surface area contributed by atoms with Crippen molar-refractivity contribution in [2.24, 2.45) is 11.7 Å². The molecule has 0 spiro atoms. The Balaban J connectivity index is 2.30. The molecule has 1 amide bonds. The zero-order valence-electron chi connectivity index (χ0n) is 9.74. The minimum Gasteiger partial charge on any atom is -0.381 e. The van der Waals surface area contributed by atoms with E-state index in [9.17, 15) is 4.79 Å². The molecule has 15 heavy (non-hydrogen) atoms. The van der Waals surface area contributed by atoms with Crippen LogP contribution in [0.25, 0.3) is 0 Å². The average Bonchev–Trinajstić information content (AvgIpc) is 2.26. The summed E-state index contributed by atoms with van der Waals surface area (Å²) in [4.78, 5) is 13.7. The molecule has 1 saturated heterocycles. The van der Waals surface area contributed by atoms with E-state index in [1.54, 1.807) is 4.90 Å². The smallest absolute Gasteiger partial charge is 0.227 e. The molecule has 1 aliphatic rings. The molecule has 2 N–H and O–H groups in total. The Hall–Kier alpha value is -0.610. The Kier molecular flexibility index (Phi) is 5.05. The molecule has 2 atom stereocenters. The zero-order chi connectivity index (χ0) is 11.3. The van der Waals surface area contributed by atoms with Crippen LogP contribution >= 0.6 is 0 Å². The normalized spacial score (nSPS) is 23.5. The van der Waals surface area contributed by atoms with Gasteiger partial charge < -0.3 is 15.4 Å². The second kappa shape index (κ2) is 6.08. The molecule has 1 rings (SSSR count). The number of carbonyl (C=O) groups excluding carboxylic acids is 1. The van der Waals surface area contributed by atoms with Crippen molar-refractivity contribution in [1.82, 2.24) is 4.90 Å². The molecule has 1 fully saturated rings. The Morgan fingerprint density at radius 1 is 1.67 bits per heavy atom. The first-order chi connectivity index (χ1) is 7.11. The van der Waals surface area contributed by atoms with Crippen molar-refractivity contribution in [3.63, 3.8) is 0 Å². The Morgan fingerprint density at radius 2 is 2.40 bits per heavy atom. The van der Waals surface area contributed by atoms with E-state index in [2.05, 4.69) is 0 Å². The maximum atomic E-state index is 11.9. The lowest BCUT2D eigenvalue weighted by molar-refractivity contribution is -0.138. The summed E-state index contributed by atoms with van der Waals surface area (Å²) in [6.45, 7) is 4.09. The van der Waals surface area contributed by atoms with Crippen molar-refractivity contribution in [1.29, 1.82) is 0 Å². The van der Waals surface area contributed by atoms with Gasteiger partial charge in [0.2, 0.25) is 5.91 Å².